The van der Waals surface area contributed by atoms with E-state index in [9.17, 15) is 27.2 Å². The Balaban J connectivity index is 1.37. The van der Waals surface area contributed by atoms with Crippen molar-refractivity contribution in [3.8, 4) is 0 Å². The van der Waals surface area contributed by atoms with E-state index in [4.69, 9.17) is 17.3 Å². The van der Waals surface area contributed by atoms with Crippen LogP contribution in [0.1, 0.15) is 35.2 Å². The van der Waals surface area contributed by atoms with Gasteiger partial charge in [-0.1, -0.05) is 17.7 Å². The molecule has 212 valence electrons. The van der Waals surface area contributed by atoms with Crippen LogP contribution in [-0.2, 0) is 6.54 Å². The van der Waals surface area contributed by atoms with E-state index < -0.39 is 24.3 Å². The van der Waals surface area contributed by atoms with E-state index in [-0.39, 0.29) is 30.8 Å². The minimum absolute atomic E-state index is 0.0682. The maximum Gasteiger partial charge on any atom is 0.390 e. The summed E-state index contributed by atoms with van der Waals surface area (Å²) >= 11 is 6.19. The van der Waals surface area contributed by atoms with Crippen molar-refractivity contribution in [2.75, 3.05) is 49.5 Å². The Hall–Kier alpha value is -3.09. The molecule has 0 aromatic heterocycles. The van der Waals surface area contributed by atoms with Gasteiger partial charge in [-0.05, 0) is 48.7 Å². The Labute approximate surface area is 229 Å². The van der Waals surface area contributed by atoms with E-state index in [1.54, 1.807) is 29.2 Å². The van der Waals surface area contributed by atoms with Crippen LogP contribution < -0.4 is 21.3 Å². The Morgan fingerprint density at radius 3 is 2.44 bits per heavy atom. The molecule has 0 bridgehead atoms. The maximum atomic E-state index is 14.9. The third-order valence-corrected chi connectivity index (χ3v) is 7.15. The lowest BCUT2D eigenvalue weighted by Gasteiger charge is -2.37. The van der Waals surface area contributed by atoms with Gasteiger partial charge < -0.3 is 26.2 Å². The zero-order chi connectivity index (χ0) is 28.2. The molecule has 2 aromatic carbocycles. The molecule has 2 aliphatic rings. The summed E-state index contributed by atoms with van der Waals surface area (Å²) in [6.45, 7) is 2.31. The van der Waals surface area contributed by atoms with Crippen LogP contribution in [0.15, 0.2) is 36.4 Å². The van der Waals surface area contributed by atoms with Crippen molar-refractivity contribution >= 4 is 34.9 Å². The summed E-state index contributed by atoms with van der Waals surface area (Å²) in [4.78, 5) is 30.5. The number of nitrogens with two attached hydrogens (primary N) is 1. The highest BCUT2D eigenvalue weighted by atomic mass is 35.5. The standard InChI is InChI=1S/C26H31ClF4N6O2/c27-18-4-6-21(22(15-18)36-12-10-35(11-13-36)9-7-26(29,30)31)34-24(38)19-5-3-17(14-20(19)28)16-33-25(39)37-8-1-2-23(37)32/h3-6,14-15,23H,1-2,7-13,16,32H2,(H,33,39)(H,34,38). The maximum absolute atomic E-state index is 14.9. The van der Waals surface area contributed by atoms with E-state index in [2.05, 4.69) is 10.6 Å². The number of halogens is 5. The lowest BCUT2D eigenvalue weighted by Crippen LogP contribution is -2.47. The number of nitrogens with zero attached hydrogens (tertiary/aromatic N) is 3. The largest absolute Gasteiger partial charge is 0.390 e. The highest BCUT2D eigenvalue weighted by Crippen LogP contribution is 2.31. The second kappa shape index (κ2) is 12.4. The normalized spacial score (nSPS) is 18.4. The van der Waals surface area contributed by atoms with Gasteiger partial charge in [0.2, 0.25) is 0 Å². The van der Waals surface area contributed by atoms with Gasteiger partial charge in [0.1, 0.15) is 5.82 Å². The molecule has 0 radical (unpaired) electrons. The van der Waals surface area contributed by atoms with Crippen molar-refractivity contribution in [2.24, 2.45) is 5.73 Å². The summed E-state index contributed by atoms with van der Waals surface area (Å²) in [6.07, 6.45) is -3.83. The molecule has 2 heterocycles. The number of rotatable bonds is 7. The van der Waals surface area contributed by atoms with Crippen LogP contribution in [0.3, 0.4) is 0 Å². The molecule has 3 amide bonds. The lowest BCUT2D eigenvalue weighted by molar-refractivity contribution is -0.138. The molecule has 2 aromatic rings. The summed E-state index contributed by atoms with van der Waals surface area (Å²) in [6, 6.07) is 8.65. The zero-order valence-corrected chi connectivity index (χ0v) is 22.0. The van der Waals surface area contributed by atoms with Gasteiger partial charge in [-0.2, -0.15) is 13.2 Å². The van der Waals surface area contributed by atoms with E-state index in [0.717, 1.165) is 12.8 Å². The monoisotopic (exact) mass is 570 g/mol. The number of carbonyl (C=O) groups excluding carboxylic acids is 2. The molecule has 4 rings (SSSR count). The number of likely N-dealkylation sites (tertiary alicyclic amines) is 1. The molecular formula is C26H31ClF4N6O2. The smallest absolute Gasteiger partial charge is 0.367 e. The molecule has 8 nitrogen and oxygen atoms in total. The van der Waals surface area contributed by atoms with Crippen LogP contribution in [0, 0.1) is 5.82 Å². The van der Waals surface area contributed by atoms with Gasteiger partial charge in [0.25, 0.3) is 5.91 Å². The Morgan fingerprint density at radius 2 is 1.79 bits per heavy atom. The molecule has 2 fully saturated rings. The number of urea groups is 1. The average Bonchev–Trinajstić information content (AvgIpc) is 3.33. The first-order chi connectivity index (χ1) is 18.5. The quantitative estimate of drug-likeness (QED) is 0.429. The summed E-state index contributed by atoms with van der Waals surface area (Å²) < 4.78 is 52.6. The van der Waals surface area contributed by atoms with Gasteiger partial charge in [-0.15, -0.1) is 0 Å². The highest BCUT2D eigenvalue weighted by molar-refractivity contribution is 6.31. The summed E-state index contributed by atoms with van der Waals surface area (Å²) in [5, 5.41) is 5.87. The molecular weight excluding hydrogens is 540 g/mol. The molecule has 0 saturated carbocycles. The number of hydrogen-bond donors (Lipinski definition) is 3. The Bertz CT molecular complexity index is 1190. The molecule has 4 N–H and O–H groups in total. The topological polar surface area (TPSA) is 93.9 Å². The van der Waals surface area contributed by atoms with Crippen LogP contribution in [0.25, 0.3) is 0 Å². The minimum atomic E-state index is -4.20. The number of amides is 3. The van der Waals surface area contributed by atoms with Crippen LogP contribution in [0.2, 0.25) is 5.02 Å². The van der Waals surface area contributed by atoms with Crippen molar-refractivity contribution in [1.29, 1.82) is 0 Å². The first-order valence-corrected chi connectivity index (χ1v) is 13.1. The number of piperazine rings is 1. The first-order valence-electron chi connectivity index (χ1n) is 12.7. The number of benzene rings is 2. The summed E-state index contributed by atoms with van der Waals surface area (Å²) in [5.41, 5.74) is 7.22. The van der Waals surface area contributed by atoms with E-state index in [1.807, 2.05) is 4.90 Å². The van der Waals surface area contributed by atoms with Crippen LogP contribution in [0.4, 0.5) is 33.7 Å². The van der Waals surface area contributed by atoms with Gasteiger partial charge in [0, 0.05) is 50.8 Å². The van der Waals surface area contributed by atoms with Gasteiger partial charge >= 0.3 is 12.2 Å². The Kier molecular flexibility index (Phi) is 9.19. The second-order valence-corrected chi connectivity index (χ2v) is 10.1. The van der Waals surface area contributed by atoms with Gasteiger partial charge in [0.15, 0.2) is 0 Å². The van der Waals surface area contributed by atoms with Gasteiger partial charge in [-0.3, -0.25) is 9.69 Å². The van der Waals surface area contributed by atoms with Crippen molar-refractivity contribution < 1.29 is 27.2 Å². The number of alkyl halides is 3. The van der Waals surface area contributed by atoms with Crippen molar-refractivity contribution in [2.45, 2.75) is 38.1 Å². The SMILES string of the molecule is NC1CCCN1C(=O)NCc1ccc(C(=O)Nc2ccc(Cl)cc2N2CCN(CCC(F)(F)F)CC2)c(F)c1. The van der Waals surface area contributed by atoms with Crippen molar-refractivity contribution in [3.63, 3.8) is 0 Å². The van der Waals surface area contributed by atoms with Crippen LogP contribution in [0.5, 0.6) is 0 Å². The van der Waals surface area contributed by atoms with E-state index >= 15 is 0 Å². The number of nitrogens with one attached hydrogen (secondary N) is 2. The Morgan fingerprint density at radius 1 is 1.05 bits per heavy atom. The highest BCUT2D eigenvalue weighted by Gasteiger charge is 2.29. The number of anilines is 2. The molecule has 1 atom stereocenters. The predicted molar refractivity (Wildman–Crippen MR) is 141 cm³/mol. The average molecular weight is 571 g/mol. The first kappa shape index (κ1) is 28.9. The third kappa shape index (κ3) is 7.74. The summed E-state index contributed by atoms with van der Waals surface area (Å²) in [7, 11) is 0. The van der Waals surface area contributed by atoms with Crippen molar-refractivity contribution in [3.05, 3.63) is 58.4 Å². The second-order valence-electron chi connectivity index (χ2n) is 9.69. The van der Waals surface area contributed by atoms with Crippen molar-refractivity contribution in [1.82, 2.24) is 15.1 Å². The minimum Gasteiger partial charge on any atom is -0.367 e. The van der Waals surface area contributed by atoms with Gasteiger partial charge in [-0.25, -0.2) is 9.18 Å². The molecule has 1 unspecified atom stereocenters. The molecule has 0 spiro atoms. The molecule has 2 saturated heterocycles. The summed E-state index contributed by atoms with van der Waals surface area (Å²) in [5.74, 6) is -1.41. The molecule has 2 aliphatic heterocycles. The third-order valence-electron chi connectivity index (χ3n) is 6.91. The van der Waals surface area contributed by atoms with Crippen LogP contribution in [-0.4, -0.2) is 73.3 Å². The molecule has 13 heteroatoms. The zero-order valence-electron chi connectivity index (χ0n) is 21.2. The fourth-order valence-corrected chi connectivity index (χ4v) is 4.90. The lowest BCUT2D eigenvalue weighted by atomic mass is 10.1. The molecule has 39 heavy (non-hydrogen) atoms. The predicted octanol–water partition coefficient (Wildman–Crippen LogP) is 4.40. The van der Waals surface area contributed by atoms with E-state index in [1.165, 1.54) is 17.0 Å². The van der Waals surface area contributed by atoms with Crippen LogP contribution >= 0.6 is 11.6 Å². The number of hydrogen-bond acceptors (Lipinski definition) is 5. The molecule has 0 aliphatic carbocycles. The fraction of sp³-hybridized carbons (Fsp3) is 0.462. The number of carbonyl (C=O) groups is 2. The van der Waals surface area contributed by atoms with E-state index in [0.29, 0.717) is 54.7 Å². The fourth-order valence-electron chi connectivity index (χ4n) is 4.74. The van der Waals surface area contributed by atoms with Gasteiger partial charge in [0.05, 0.1) is 29.5 Å².